The minimum atomic E-state index is -0.157. The van der Waals surface area contributed by atoms with Gasteiger partial charge in [0.25, 0.3) is 0 Å². The zero-order chi connectivity index (χ0) is 21.1. The van der Waals surface area contributed by atoms with Crippen LogP contribution < -0.4 is 24.4 Å². The van der Waals surface area contributed by atoms with E-state index in [-0.39, 0.29) is 6.03 Å². The number of para-hydroxylation sites is 1. The van der Waals surface area contributed by atoms with E-state index in [1.165, 1.54) is 0 Å². The van der Waals surface area contributed by atoms with Crippen molar-refractivity contribution in [3.05, 3.63) is 36.4 Å². The number of thiazole rings is 1. The summed E-state index contributed by atoms with van der Waals surface area (Å²) in [5.74, 6) is 1.91. The zero-order valence-corrected chi connectivity index (χ0v) is 18.0. The molecule has 30 heavy (non-hydrogen) atoms. The second kappa shape index (κ2) is 8.66. The van der Waals surface area contributed by atoms with Crippen LogP contribution in [0.4, 0.5) is 15.6 Å². The minimum absolute atomic E-state index is 0.157. The number of hydrogen-bond acceptors (Lipinski definition) is 7. The first-order chi connectivity index (χ1) is 14.6. The van der Waals surface area contributed by atoms with Gasteiger partial charge >= 0.3 is 6.03 Å². The van der Waals surface area contributed by atoms with Crippen molar-refractivity contribution >= 4 is 38.4 Å². The summed E-state index contributed by atoms with van der Waals surface area (Å²) in [7, 11) is 4.79. The predicted molar refractivity (Wildman–Crippen MR) is 119 cm³/mol. The summed E-state index contributed by atoms with van der Waals surface area (Å²) < 4.78 is 17.1. The van der Waals surface area contributed by atoms with Crippen molar-refractivity contribution < 1.29 is 19.0 Å². The van der Waals surface area contributed by atoms with Gasteiger partial charge in [0.1, 0.15) is 5.75 Å². The molecule has 9 heteroatoms. The molecule has 1 N–H and O–H groups in total. The lowest BCUT2D eigenvalue weighted by molar-refractivity contribution is 0.208. The van der Waals surface area contributed by atoms with Gasteiger partial charge in [0.15, 0.2) is 16.6 Å². The maximum Gasteiger partial charge on any atom is 0.322 e. The summed E-state index contributed by atoms with van der Waals surface area (Å²) in [5.41, 5.74) is 1.55. The number of nitrogens with zero attached hydrogens (tertiary/aromatic N) is 3. The molecule has 0 bridgehead atoms. The van der Waals surface area contributed by atoms with Gasteiger partial charge in [-0.05, 0) is 30.3 Å². The first kappa shape index (κ1) is 20.1. The van der Waals surface area contributed by atoms with E-state index >= 15 is 0 Å². The molecule has 1 saturated heterocycles. The van der Waals surface area contributed by atoms with Crippen LogP contribution in [0.3, 0.4) is 0 Å². The number of rotatable bonds is 5. The first-order valence-electron chi connectivity index (χ1n) is 9.59. The Morgan fingerprint density at radius 3 is 2.53 bits per heavy atom. The Morgan fingerprint density at radius 2 is 1.83 bits per heavy atom. The highest BCUT2D eigenvalue weighted by atomic mass is 32.1. The second-order valence-electron chi connectivity index (χ2n) is 6.78. The first-order valence-corrected chi connectivity index (χ1v) is 10.4. The highest BCUT2D eigenvalue weighted by Crippen LogP contribution is 2.35. The highest BCUT2D eigenvalue weighted by Gasteiger charge is 2.24. The second-order valence-corrected chi connectivity index (χ2v) is 7.78. The molecule has 1 aliphatic heterocycles. The molecule has 2 aromatic carbocycles. The number of methoxy groups -OCH3 is 3. The molecule has 0 atom stereocenters. The Hall–Kier alpha value is -3.20. The average Bonchev–Trinajstić information content (AvgIpc) is 3.22. The van der Waals surface area contributed by atoms with E-state index in [4.69, 9.17) is 19.2 Å². The molecule has 3 aromatic rings. The summed E-state index contributed by atoms with van der Waals surface area (Å²) in [4.78, 5) is 21.5. The summed E-state index contributed by atoms with van der Waals surface area (Å²) in [5, 5.41) is 3.90. The number of anilines is 2. The molecular formula is C21H24N4O4S. The Bertz CT molecular complexity index is 1050. The van der Waals surface area contributed by atoms with Crippen LogP contribution in [0.25, 0.3) is 10.2 Å². The number of nitrogens with one attached hydrogen (secondary N) is 1. The van der Waals surface area contributed by atoms with Crippen molar-refractivity contribution in [3.8, 4) is 17.2 Å². The number of carbonyl (C=O) groups excluding carboxylic acids is 1. The maximum absolute atomic E-state index is 12.8. The maximum atomic E-state index is 12.8. The Labute approximate surface area is 179 Å². The van der Waals surface area contributed by atoms with Gasteiger partial charge in [-0.25, -0.2) is 9.78 Å². The van der Waals surface area contributed by atoms with Crippen molar-refractivity contribution in [2.24, 2.45) is 0 Å². The molecule has 0 radical (unpaired) electrons. The number of benzene rings is 2. The number of carbonyl (C=O) groups is 1. The standard InChI is InChI=1S/C21H24N4O4S/c1-27-14-7-8-15-18(13-14)30-21(23-15)25-11-9-24(10-12-25)20(26)22-16-5-4-6-17(28-2)19(16)29-3/h4-8,13H,9-12H2,1-3H3,(H,22,26). The molecular weight excluding hydrogens is 404 g/mol. The van der Waals surface area contributed by atoms with E-state index in [0.717, 1.165) is 34.2 Å². The van der Waals surface area contributed by atoms with Gasteiger partial charge < -0.3 is 29.3 Å². The molecule has 0 unspecified atom stereocenters. The van der Waals surface area contributed by atoms with Crippen molar-refractivity contribution in [3.63, 3.8) is 0 Å². The fourth-order valence-electron chi connectivity index (χ4n) is 3.44. The summed E-state index contributed by atoms with van der Waals surface area (Å²) in [6.45, 7) is 2.66. The zero-order valence-electron chi connectivity index (χ0n) is 17.2. The molecule has 8 nitrogen and oxygen atoms in total. The Kier molecular flexibility index (Phi) is 5.80. The number of amides is 2. The SMILES string of the molecule is COc1ccc2nc(N3CCN(C(=O)Nc4cccc(OC)c4OC)CC3)sc2c1. The van der Waals surface area contributed by atoms with E-state index in [9.17, 15) is 4.79 Å². The van der Waals surface area contributed by atoms with Crippen LogP contribution in [0.15, 0.2) is 36.4 Å². The number of fused-ring (bicyclic) bond motifs is 1. The van der Waals surface area contributed by atoms with Crippen LogP contribution >= 0.6 is 11.3 Å². The van der Waals surface area contributed by atoms with Crippen LogP contribution in [-0.4, -0.2) is 63.4 Å². The third-order valence-corrected chi connectivity index (χ3v) is 6.15. The molecule has 0 spiro atoms. The average molecular weight is 429 g/mol. The van der Waals surface area contributed by atoms with Gasteiger partial charge in [0.05, 0.1) is 37.2 Å². The van der Waals surface area contributed by atoms with E-state index in [2.05, 4.69) is 10.2 Å². The molecule has 158 valence electrons. The van der Waals surface area contributed by atoms with Gasteiger partial charge in [-0.15, -0.1) is 0 Å². The normalized spacial score (nSPS) is 14.0. The van der Waals surface area contributed by atoms with Crippen LogP contribution in [0.2, 0.25) is 0 Å². The third kappa shape index (κ3) is 3.93. The van der Waals surface area contributed by atoms with Gasteiger partial charge in [-0.2, -0.15) is 0 Å². The van der Waals surface area contributed by atoms with Crippen LogP contribution in [-0.2, 0) is 0 Å². The van der Waals surface area contributed by atoms with Crippen molar-refractivity contribution in [2.75, 3.05) is 57.7 Å². The molecule has 4 rings (SSSR count). The number of hydrogen-bond donors (Lipinski definition) is 1. The molecule has 0 saturated carbocycles. The van der Waals surface area contributed by atoms with Crippen molar-refractivity contribution in [2.45, 2.75) is 0 Å². The number of piperazine rings is 1. The molecule has 1 fully saturated rings. The van der Waals surface area contributed by atoms with Crippen molar-refractivity contribution in [1.29, 1.82) is 0 Å². The lowest BCUT2D eigenvalue weighted by atomic mass is 10.2. The Balaban J connectivity index is 1.40. The van der Waals surface area contributed by atoms with Gasteiger partial charge in [0, 0.05) is 26.2 Å². The highest BCUT2D eigenvalue weighted by molar-refractivity contribution is 7.22. The number of urea groups is 1. The smallest absolute Gasteiger partial charge is 0.322 e. The van der Waals surface area contributed by atoms with E-state index in [1.54, 1.807) is 49.7 Å². The molecule has 0 aliphatic carbocycles. The fourth-order valence-corrected chi connectivity index (χ4v) is 4.48. The van der Waals surface area contributed by atoms with Gasteiger partial charge in [-0.1, -0.05) is 17.4 Å². The van der Waals surface area contributed by atoms with E-state index in [1.807, 2.05) is 24.3 Å². The number of ether oxygens (including phenoxy) is 3. The van der Waals surface area contributed by atoms with Crippen LogP contribution in [0.1, 0.15) is 0 Å². The lowest BCUT2D eigenvalue weighted by Crippen LogP contribution is -2.50. The number of aromatic nitrogens is 1. The molecule has 2 heterocycles. The lowest BCUT2D eigenvalue weighted by Gasteiger charge is -2.34. The topological polar surface area (TPSA) is 76.2 Å². The summed E-state index contributed by atoms with van der Waals surface area (Å²) in [6.07, 6.45) is 0. The summed E-state index contributed by atoms with van der Waals surface area (Å²) in [6, 6.07) is 11.1. The monoisotopic (exact) mass is 428 g/mol. The summed E-state index contributed by atoms with van der Waals surface area (Å²) >= 11 is 1.64. The van der Waals surface area contributed by atoms with Crippen LogP contribution in [0.5, 0.6) is 17.2 Å². The van der Waals surface area contributed by atoms with Crippen molar-refractivity contribution in [1.82, 2.24) is 9.88 Å². The fraction of sp³-hybridized carbons (Fsp3) is 0.333. The third-order valence-electron chi connectivity index (χ3n) is 5.07. The Morgan fingerprint density at radius 1 is 1.03 bits per heavy atom. The quantitative estimate of drug-likeness (QED) is 0.668. The molecule has 1 aromatic heterocycles. The van der Waals surface area contributed by atoms with E-state index in [0.29, 0.717) is 30.3 Å². The molecule has 1 aliphatic rings. The van der Waals surface area contributed by atoms with Gasteiger partial charge in [-0.3, -0.25) is 0 Å². The van der Waals surface area contributed by atoms with E-state index < -0.39 is 0 Å². The predicted octanol–water partition coefficient (Wildman–Crippen LogP) is 3.68. The largest absolute Gasteiger partial charge is 0.497 e. The minimum Gasteiger partial charge on any atom is -0.497 e. The molecule has 2 amide bonds. The van der Waals surface area contributed by atoms with Crippen LogP contribution in [0, 0.1) is 0 Å². The van der Waals surface area contributed by atoms with Gasteiger partial charge in [0.2, 0.25) is 0 Å².